The number of pyridine rings is 1. The Bertz CT molecular complexity index is 2870. The zero-order valence-electron chi connectivity index (χ0n) is 23.2. The van der Waals surface area contributed by atoms with E-state index in [9.17, 15) is 9.90 Å². The summed E-state index contributed by atoms with van der Waals surface area (Å²) in [5.41, 5.74) is 6.20. The fourth-order valence-electron chi connectivity index (χ4n) is 7.17. The molecule has 0 unspecified atom stereocenters. The summed E-state index contributed by atoms with van der Waals surface area (Å²) in [5, 5.41) is 19.6. The smallest absolute Gasteiger partial charge is 0.263 e. The molecule has 0 bridgehead atoms. The van der Waals surface area contributed by atoms with Crippen LogP contribution in [0.5, 0.6) is 5.75 Å². The van der Waals surface area contributed by atoms with Gasteiger partial charge < -0.3 is 13.9 Å². The minimum absolute atomic E-state index is 0.138. The van der Waals surface area contributed by atoms with Crippen molar-refractivity contribution in [3.8, 4) is 22.6 Å². The van der Waals surface area contributed by atoms with Gasteiger partial charge in [0.05, 0.1) is 11.2 Å². The van der Waals surface area contributed by atoms with Gasteiger partial charge in [0.1, 0.15) is 28.1 Å². The molecule has 0 saturated carbocycles. The minimum Gasteiger partial charge on any atom is -0.507 e. The summed E-state index contributed by atoms with van der Waals surface area (Å²) in [5.74, 6) is 0.159. The molecule has 206 valence electrons. The summed E-state index contributed by atoms with van der Waals surface area (Å²) in [6.45, 7) is 0. The highest BCUT2D eigenvalue weighted by molar-refractivity contribution is 6.28. The molecule has 7 aromatic carbocycles. The van der Waals surface area contributed by atoms with E-state index < -0.39 is 0 Å². The van der Waals surface area contributed by atoms with E-state index in [0.717, 1.165) is 82.4 Å². The quantitative estimate of drug-likeness (QED) is 0.211. The lowest BCUT2D eigenvalue weighted by molar-refractivity contribution is 0.484. The predicted molar refractivity (Wildman–Crippen MR) is 177 cm³/mol. The van der Waals surface area contributed by atoms with Crippen molar-refractivity contribution in [3.63, 3.8) is 0 Å². The average Bonchev–Trinajstić information content (AvgIpc) is 3.62. The molecule has 0 saturated heterocycles. The minimum atomic E-state index is -0.138. The molecular weight excluding hydrogens is 546 g/mol. The molecule has 1 N–H and O–H groups in total. The maximum atomic E-state index is 14.3. The molecule has 3 aromatic heterocycles. The molecule has 0 amide bonds. The molecule has 44 heavy (non-hydrogen) atoms. The first kappa shape index (κ1) is 23.5. The zero-order valence-corrected chi connectivity index (χ0v) is 23.2. The number of aromatic hydroxyl groups is 1. The number of fused-ring (bicyclic) bond motifs is 6. The average molecular weight is 568 g/mol. The van der Waals surface area contributed by atoms with Crippen LogP contribution in [0.1, 0.15) is 0 Å². The van der Waals surface area contributed by atoms with Crippen LogP contribution >= 0.6 is 0 Å². The van der Waals surface area contributed by atoms with E-state index in [4.69, 9.17) is 8.83 Å². The molecule has 3 heterocycles. The monoisotopic (exact) mass is 567 g/mol. The summed E-state index contributed by atoms with van der Waals surface area (Å²) in [6.07, 6.45) is 0. The fraction of sp³-hybridized carbons (Fsp3) is 0. The number of furan rings is 2. The Hall–Kier alpha value is -6.07. The molecule has 10 aromatic rings. The van der Waals surface area contributed by atoms with Crippen molar-refractivity contribution in [2.75, 3.05) is 0 Å². The Morgan fingerprint density at radius 1 is 0.500 bits per heavy atom. The van der Waals surface area contributed by atoms with Crippen LogP contribution in [-0.2, 0) is 0 Å². The Labute approximate surface area is 248 Å². The van der Waals surface area contributed by atoms with Gasteiger partial charge in [-0.15, -0.1) is 0 Å². The number of hydrogen-bond donors (Lipinski definition) is 1. The van der Waals surface area contributed by atoms with Crippen molar-refractivity contribution in [2.24, 2.45) is 0 Å². The number of phenols is 1. The third kappa shape index (κ3) is 2.95. The van der Waals surface area contributed by atoms with E-state index in [0.29, 0.717) is 10.8 Å². The van der Waals surface area contributed by atoms with Crippen LogP contribution in [0.4, 0.5) is 0 Å². The second-order valence-electron chi connectivity index (χ2n) is 11.4. The second-order valence-corrected chi connectivity index (χ2v) is 11.4. The molecule has 0 spiro atoms. The molecular formula is C39H21NO4. The standard InChI is InChI=1S/C39H21NO4/c41-38-26-10-5-11-27-36(26)37-25(35(38)21-15-17-33-28(19-21)23-7-1-3-13-31(23)43-33)9-6-12-30(37)40(39(27)42)22-16-18-34-29(20-22)24-8-2-4-14-32(24)44-34/h1-20,41H. The maximum absolute atomic E-state index is 14.3. The lowest BCUT2D eigenvalue weighted by atomic mass is 9.89. The highest BCUT2D eigenvalue weighted by Crippen LogP contribution is 2.47. The third-order valence-electron chi connectivity index (χ3n) is 9.08. The third-order valence-corrected chi connectivity index (χ3v) is 9.08. The highest BCUT2D eigenvalue weighted by atomic mass is 16.3. The fourth-order valence-corrected chi connectivity index (χ4v) is 7.17. The molecule has 0 atom stereocenters. The van der Waals surface area contributed by atoms with E-state index in [1.807, 2.05) is 109 Å². The molecule has 0 aliphatic rings. The predicted octanol–water partition coefficient (Wildman–Crippen LogP) is 9.91. The van der Waals surface area contributed by atoms with Gasteiger partial charge in [0.25, 0.3) is 5.56 Å². The van der Waals surface area contributed by atoms with Crippen LogP contribution in [0.2, 0.25) is 0 Å². The second kappa shape index (κ2) is 8.27. The van der Waals surface area contributed by atoms with Crippen molar-refractivity contribution in [3.05, 3.63) is 132 Å². The van der Waals surface area contributed by atoms with Gasteiger partial charge in [-0.3, -0.25) is 9.36 Å². The van der Waals surface area contributed by atoms with Crippen LogP contribution in [0.3, 0.4) is 0 Å². The van der Waals surface area contributed by atoms with Gasteiger partial charge in [-0.05, 0) is 65.5 Å². The Kier molecular flexibility index (Phi) is 4.41. The number of rotatable bonds is 2. The lowest BCUT2D eigenvalue weighted by Gasteiger charge is -2.20. The van der Waals surface area contributed by atoms with E-state index in [1.165, 1.54) is 0 Å². The van der Waals surface area contributed by atoms with Crippen LogP contribution in [0, 0.1) is 0 Å². The van der Waals surface area contributed by atoms with Crippen molar-refractivity contribution < 1.29 is 13.9 Å². The number of phenolic OH excluding ortho intramolecular Hbond substituents is 1. The molecule has 10 rings (SSSR count). The Balaban J connectivity index is 1.33. The number of nitrogens with zero attached hydrogens (tertiary/aromatic N) is 1. The van der Waals surface area contributed by atoms with Gasteiger partial charge in [-0.1, -0.05) is 66.7 Å². The van der Waals surface area contributed by atoms with Gasteiger partial charge in [0.2, 0.25) is 0 Å². The number of benzene rings is 7. The van der Waals surface area contributed by atoms with Crippen molar-refractivity contribution in [1.82, 2.24) is 4.57 Å². The van der Waals surface area contributed by atoms with E-state index >= 15 is 0 Å². The Morgan fingerprint density at radius 2 is 1.09 bits per heavy atom. The first-order chi connectivity index (χ1) is 21.7. The van der Waals surface area contributed by atoms with Crippen LogP contribution in [0.25, 0.3) is 93.1 Å². The summed E-state index contributed by atoms with van der Waals surface area (Å²) in [4.78, 5) is 14.3. The SMILES string of the molecule is O=c1c2cccc3c(O)c(-c4ccc5oc6ccccc6c5c4)c4cccc(c4c32)n1-c1ccc2oc3ccccc3c2c1. The number of hydrogen-bond acceptors (Lipinski definition) is 4. The summed E-state index contributed by atoms with van der Waals surface area (Å²) < 4.78 is 14.0. The summed E-state index contributed by atoms with van der Waals surface area (Å²) >= 11 is 0. The van der Waals surface area contributed by atoms with Gasteiger partial charge in [-0.25, -0.2) is 0 Å². The summed E-state index contributed by atoms with van der Waals surface area (Å²) in [7, 11) is 0. The van der Waals surface area contributed by atoms with Crippen LogP contribution < -0.4 is 5.56 Å². The lowest BCUT2D eigenvalue weighted by Crippen LogP contribution is -2.19. The van der Waals surface area contributed by atoms with Gasteiger partial charge in [-0.2, -0.15) is 0 Å². The van der Waals surface area contributed by atoms with E-state index in [2.05, 4.69) is 12.1 Å². The summed E-state index contributed by atoms with van der Waals surface area (Å²) in [6, 6.07) is 39.4. The molecule has 5 heteroatoms. The van der Waals surface area contributed by atoms with Crippen molar-refractivity contribution >= 4 is 76.3 Å². The van der Waals surface area contributed by atoms with Gasteiger partial charge >= 0.3 is 0 Å². The van der Waals surface area contributed by atoms with E-state index in [-0.39, 0.29) is 11.3 Å². The van der Waals surface area contributed by atoms with Gasteiger partial charge in [0, 0.05) is 48.7 Å². The zero-order chi connectivity index (χ0) is 29.1. The van der Waals surface area contributed by atoms with Crippen LogP contribution in [0.15, 0.2) is 135 Å². The normalized spacial score (nSPS) is 12.3. The van der Waals surface area contributed by atoms with Crippen LogP contribution in [-0.4, -0.2) is 9.67 Å². The number of aromatic nitrogens is 1. The molecule has 0 aliphatic heterocycles. The number of para-hydroxylation sites is 2. The topological polar surface area (TPSA) is 68.5 Å². The largest absolute Gasteiger partial charge is 0.507 e. The first-order valence-electron chi connectivity index (χ1n) is 14.5. The highest BCUT2D eigenvalue weighted by Gasteiger charge is 2.23. The molecule has 0 fully saturated rings. The van der Waals surface area contributed by atoms with Gasteiger partial charge in [0.15, 0.2) is 0 Å². The maximum Gasteiger partial charge on any atom is 0.263 e. The van der Waals surface area contributed by atoms with E-state index in [1.54, 1.807) is 4.57 Å². The molecule has 0 radical (unpaired) electrons. The first-order valence-corrected chi connectivity index (χ1v) is 14.5. The van der Waals surface area contributed by atoms with Crippen molar-refractivity contribution in [2.45, 2.75) is 0 Å². The molecule has 5 nitrogen and oxygen atoms in total. The van der Waals surface area contributed by atoms with Crippen molar-refractivity contribution in [1.29, 1.82) is 0 Å². The molecule has 0 aliphatic carbocycles. The Morgan fingerprint density at radius 3 is 1.86 bits per heavy atom.